The number of aromatic nitrogens is 4. The fourth-order valence-corrected chi connectivity index (χ4v) is 4.54. The van der Waals surface area contributed by atoms with Crippen molar-refractivity contribution in [3.8, 4) is 0 Å². The molecule has 5 rings (SSSR count). The van der Waals surface area contributed by atoms with Crippen LogP contribution in [-0.4, -0.2) is 62.8 Å². The number of halogens is 1. The number of nitrogens with zero attached hydrogens (tertiary/aromatic N) is 4. The quantitative estimate of drug-likeness (QED) is 0.182. The molecule has 2 aromatic heterocycles. The van der Waals surface area contributed by atoms with E-state index in [0.717, 1.165) is 0 Å². The Bertz CT molecular complexity index is 1480. The molecule has 1 aliphatic rings. The fourth-order valence-electron chi connectivity index (χ4n) is 4.36. The van der Waals surface area contributed by atoms with Gasteiger partial charge in [0.15, 0.2) is 23.1 Å². The van der Waals surface area contributed by atoms with Gasteiger partial charge in [0.25, 0.3) is 0 Å². The highest BCUT2D eigenvalue weighted by atomic mass is 35.5. The van der Waals surface area contributed by atoms with Gasteiger partial charge in [0.1, 0.15) is 31.2 Å². The number of ether oxygens (including phenoxy) is 4. The van der Waals surface area contributed by atoms with Crippen molar-refractivity contribution in [1.82, 2.24) is 19.5 Å². The SMILES string of the molecule is CC(=O)O[C@@H]1[C@H](COC(=O)c2ccccc2)[C@@H](COC(=O)c2ccccc2)O[C@H]1n1cnc2c(Cl)ncnc21. The fraction of sp³-hybridized carbons (Fsp3) is 0.259. The molecule has 1 fully saturated rings. The Kier molecular flexibility index (Phi) is 7.80. The van der Waals surface area contributed by atoms with E-state index >= 15 is 0 Å². The van der Waals surface area contributed by atoms with Crippen LogP contribution in [-0.2, 0) is 23.7 Å². The molecular weight excluding hydrogens is 528 g/mol. The Morgan fingerprint density at radius 2 is 1.51 bits per heavy atom. The Hall–Kier alpha value is -4.35. The van der Waals surface area contributed by atoms with Gasteiger partial charge in [-0.2, -0.15) is 0 Å². The molecule has 3 heterocycles. The number of imidazole rings is 1. The van der Waals surface area contributed by atoms with Gasteiger partial charge in [-0.25, -0.2) is 24.5 Å². The molecule has 200 valence electrons. The van der Waals surface area contributed by atoms with Gasteiger partial charge in [-0.3, -0.25) is 9.36 Å². The molecule has 0 aliphatic carbocycles. The third kappa shape index (κ3) is 5.74. The third-order valence-electron chi connectivity index (χ3n) is 6.19. The van der Waals surface area contributed by atoms with Crippen LogP contribution in [0.5, 0.6) is 0 Å². The second-order valence-corrected chi connectivity index (χ2v) is 9.08. The lowest BCUT2D eigenvalue weighted by molar-refractivity contribution is -0.154. The first kappa shape index (κ1) is 26.3. The molecule has 0 spiro atoms. The molecule has 2 aromatic carbocycles. The average molecular weight is 551 g/mol. The molecule has 0 N–H and O–H groups in total. The second-order valence-electron chi connectivity index (χ2n) is 8.72. The molecule has 39 heavy (non-hydrogen) atoms. The van der Waals surface area contributed by atoms with Crippen LogP contribution in [0.15, 0.2) is 73.3 Å². The van der Waals surface area contributed by atoms with Crippen molar-refractivity contribution in [3.63, 3.8) is 0 Å². The summed E-state index contributed by atoms with van der Waals surface area (Å²) in [6.45, 7) is 0.883. The number of hydrogen-bond acceptors (Lipinski definition) is 10. The minimum Gasteiger partial charge on any atom is -0.462 e. The summed E-state index contributed by atoms with van der Waals surface area (Å²) in [5.41, 5.74) is 1.40. The average Bonchev–Trinajstić information content (AvgIpc) is 3.53. The van der Waals surface area contributed by atoms with Crippen LogP contribution in [0.3, 0.4) is 0 Å². The molecule has 4 atom stereocenters. The Morgan fingerprint density at radius 3 is 2.13 bits per heavy atom. The van der Waals surface area contributed by atoms with Crippen molar-refractivity contribution in [2.24, 2.45) is 5.92 Å². The second kappa shape index (κ2) is 11.6. The van der Waals surface area contributed by atoms with E-state index in [1.807, 2.05) is 0 Å². The highest BCUT2D eigenvalue weighted by molar-refractivity contribution is 6.33. The van der Waals surface area contributed by atoms with E-state index in [4.69, 9.17) is 30.5 Å². The highest BCUT2D eigenvalue weighted by Crippen LogP contribution is 2.38. The minimum atomic E-state index is -0.947. The van der Waals surface area contributed by atoms with E-state index in [0.29, 0.717) is 22.3 Å². The molecule has 1 saturated heterocycles. The maximum atomic E-state index is 12.7. The number of carbonyl (C=O) groups excluding carboxylic acids is 3. The molecule has 11 nitrogen and oxygen atoms in total. The Labute approximate surface area is 227 Å². The van der Waals surface area contributed by atoms with Gasteiger partial charge < -0.3 is 18.9 Å². The zero-order valence-corrected chi connectivity index (χ0v) is 21.4. The van der Waals surface area contributed by atoms with Crippen LogP contribution in [0.25, 0.3) is 11.2 Å². The van der Waals surface area contributed by atoms with Crippen molar-refractivity contribution < 1.29 is 33.3 Å². The number of hydrogen-bond donors (Lipinski definition) is 0. The number of rotatable bonds is 8. The number of carbonyl (C=O) groups is 3. The Morgan fingerprint density at radius 1 is 0.897 bits per heavy atom. The first-order chi connectivity index (χ1) is 18.9. The largest absolute Gasteiger partial charge is 0.462 e. The van der Waals surface area contributed by atoms with Crippen molar-refractivity contribution in [2.45, 2.75) is 25.4 Å². The normalized spacial score (nSPS) is 20.5. The molecule has 4 aromatic rings. The van der Waals surface area contributed by atoms with Gasteiger partial charge >= 0.3 is 17.9 Å². The van der Waals surface area contributed by atoms with E-state index in [1.165, 1.54) is 19.6 Å². The monoisotopic (exact) mass is 550 g/mol. The number of esters is 3. The molecule has 0 bridgehead atoms. The maximum absolute atomic E-state index is 12.7. The van der Waals surface area contributed by atoms with Crippen LogP contribution >= 0.6 is 11.6 Å². The Balaban J connectivity index is 1.44. The lowest BCUT2D eigenvalue weighted by atomic mass is 9.99. The number of fused-ring (bicyclic) bond motifs is 1. The third-order valence-corrected chi connectivity index (χ3v) is 6.47. The molecule has 1 aliphatic heterocycles. The lowest BCUT2D eigenvalue weighted by Crippen LogP contribution is -2.36. The summed E-state index contributed by atoms with van der Waals surface area (Å²) < 4.78 is 24.7. The van der Waals surface area contributed by atoms with Crippen molar-refractivity contribution in [2.75, 3.05) is 13.2 Å². The standard InChI is InChI=1S/C27H23ClN4O7/c1-16(33)38-22-19(12-36-26(34)17-8-4-2-5-9-17)20(13-37-27(35)18-10-6-3-7-11-18)39-25(22)32-15-31-21-23(28)29-14-30-24(21)32/h2-11,14-15,19-20,22,25H,12-13H2,1H3/t19-,20-,22-,25-/m1/s1. The van der Waals surface area contributed by atoms with Gasteiger partial charge in [0.05, 0.1) is 23.4 Å². The van der Waals surface area contributed by atoms with Gasteiger partial charge in [0.2, 0.25) is 0 Å². The van der Waals surface area contributed by atoms with Crippen LogP contribution in [0.1, 0.15) is 33.9 Å². The van der Waals surface area contributed by atoms with Crippen LogP contribution in [0.2, 0.25) is 5.15 Å². The number of benzene rings is 2. The van der Waals surface area contributed by atoms with Gasteiger partial charge in [-0.05, 0) is 24.3 Å². The highest BCUT2D eigenvalue weighted by Gasteiger charge is 2.49. The van der Waals surface area contributed by atoms with Crippen LogP contribution in [0, 0.1) is 5.92 Å². The van der Waals surface area contributed by atoms with Crippen molar-refractivity contribution >= 4 is 40.7 Å². The predicted octanol–water partition coefficient (Wildman–Crippen LogP) is 3.64. The van der Waals surface area contributed by atoms with Crippen LogP contribution in [0.4, 0.5) is 0 Å². The summed E-state index contributed by atoms with van der Waals surface area (Å²) in [6.07, 6.45) is 0.0167. The first-order valence-corrected chi connectivity index (χ1v) is 12.4. The topological polar surface area (TPSA) is 132 Å². The summed E-state index contributed by atoms with van der Waals surface area (Å²) in [6, 6.07) is 17.0. The molecule has 12 heteroatoms. The summed E-state index contributed by atoms with van der Waals surface area (Å²) in [5, 5.41) is 0.141. The van der Waals surface area contributed by atoms with Gasteiger partial charge in [0, 0.05) is 6.92 Å². The summed E-state index contributed by atoms with van der Waals surface area (Å²) in [5.74, 6) is -2.40. The minimum absolute atomic E-state index is 0.141. The van der Waals surface area contributed by atoms with E-state index in [1.54, 1.807) is 65.2 Å². The smallest absolute Gasteiger partial charge is 0.338 e. The summed E-state index contributed by atoms with van der Waals surface area (Å²) >= 11 is 6.17. The van der Waals surface area contributed by atoms with E-state index < -0.39 is 42.3 Å². The van der Waals surface area contributed by atoms with Crippen molar-refractivity contribution in [3.05, 3.63) is 89.6 Å². The van der Waals surface area contributed by atoms with E-state index in [-0.39, 0.29) is 18.4 Å². The van der Waals surface area contributed by atoms with Crippen LogP contribution < -0.4 is 0 Å². The van der Waals surface area contributed by atoms with Gasteiger partial charge in [-0.15, -0.1) is 0 Å². The molecule has 0 saturated carbocycles. The van der Waals surface area contributed by atoms with E-state index in [9.17, 15) is 14.4 Å². The zero-order valence-electron chi connectivity index (χ0n) is 20.7. The summed E-state index contributed by atoms with van der Waals surface area (Å²) in [7, 11) is 0. The van der Waals surface area contributed by atoms with Gasteiger partial charge in [-0.1, -0.05) is 48.0 Å². The maximum Gasteiger partial charge on any atom is 0.338 e. The molecule has 0 amide bonds. The molecule has 0 unspecified atom stereocenters. The molecule has 0 radical (unpaired) electrons. The lowest BCUT2D eigenvalue weighted by Gasteiger charge is -2.24. The van der Waals surface area contributed by atoms with Crippen molar-refractivity contribution in [1.29, 1.82) is 0 Å². The van der Waals surface area contributed by atoms with E-state index in [2.05, 4.69) is 15.0 Å². The zero-order chi connectivity index (χ0) is 27.4. The predicted molar refractivity (Wildman–Crippen MR) is 137 cm³/mol. The summed E-state index contributed by atoms with van der Waals surface area (Å²) in [4.78, 5) is 50.0. The first-order valence-electron chi connectivity index (χ1n) is 12.0. The molecular formula is C27H23ClN4O7.